The summed E-state index contributed by atoms with van der Waals surface area (Å²) in [6, 6.07) is 0. The van der Waals surface area contributed by atoms with E-state index in [1.54, 1.807) is 0 Å². The Morgan fingerprint density at radius 1 is 0.692 bits per heavy atom. The normalized spacial score (nSPS) is 19.8. The highest BCUT2D eigenvalue weighted by Crippen LogP contribution is 1.99. The smallest absolute Gasteiger partial charge is 0.0602 e. The highest BCUT2D eigenvalue weighted by atomic mass is 15.3. The van der Waals surface area contributed by atoms with Crippen LogP contribution in [0.25, 0.3) is 0 Å². The monoisotopic (exact) mass is 360 g/mol. The summed E-state index contributed by atoms with van der Waals surface area (Å²) in [5.41, 5.74) is 0. The fraction of sp³-hybridized carbons (Fsp3) is 0.818. The van der Waals surface area contributed by atoms with E-state index in [0.29, 0.717) is 5.92 Å². The van der Waals surface area contributed by atoms with E-state index in [4.69, 9.17) is 0 Å². The summed E-state index contributed by atoms with van der Waals surface area (Å²) in [5, 5.41) is 0. The van der Waals surface area contributed by atoms with Gasteiger partial charge in [-0.3, -0.25) is 9.80 Å². The van der Waals surface area contributed by atoms with Crippen molar-refractivity contribution >= 4 is 0 Å². The average molecular weight is 361 g/mol. The second kappa shape index (κ2) is 14.1. The largest absolute Gasteiger partial charge is 0.304 e. The molecule has 0 unspecified atom stereocenters. The van der Waals surface area contributed by atoms with Gasteiger partial charge in [0.15, 0.2) is 0 Å². The van der Waals surface area contributed by atoms with Gasteiger partial charge in [-0.25, -0.2) is 0 Å². The number of hydrogen-bond acceptors (Lipinski definition) is 4. The maximum atomic E-state index is 3.23. The maximum Gasteiger partial charge on any atom is 0.0602 e. The van der Waals surface area contributed by atoms with Gasteiger partial charge in [0.1, 0.15) is 0 Å². The van der Waals surface area contributed by atoms with E-state index >= 15 is 0 Å². The first kappa shape index (κ1) is 23.0. The lowest BCUT2D eigenvalue weighted by molar-refractivity contribution is 0.149. The molecule has 26 heavy (non-hydrogen) atoms. The molecule has 0 saturated carbocycles. The molecule has 0 aliphatic carbocycles. The van der Waals surface area contributed by atoms with Crippen LogP contribution < -0.4 is 0 Å². The van der Waals surface area contributed by atoms with Crippen molar-refractivity contribution in [1.29, 1.82) is 0 Å². The third kappa shape index (κ3) is 10.8. The standard InChI is InChI=1S/2C11H20N2/c1-11(2)5-4-6-13-9-7-12(3)8-10-13;1-3-5-6-7-13-10-8-12(4-2)9-11-13/h11H,6-10H2,1-3H3;3-4,7-11H2,1-2H3. The topological polar surface area (TPSA) is 13.0 Å². The summed E-state index contributed by atoms with van der Waals surface area (Å²) in [6.07, 6.45) is 0.981. The lowest BCUT2D eigenvalue weighted by atomic mass is 10.2. The summed E-state index contributed by atoms with van der Waals surface area (Å²) >= 11 is 0. The molecule has 0 aromatic carbocycles. The molecular formula is C22H40N4. The van der Waals surface area contributed by atoms with Crippen molar-refractivity contribution in [3.05, 3.63) is 0 Å². The average Bonchev–Trinajstić information content (AvgIpc) is 2.64. The Bertz CT molecular complexity index is 464. The molecule has 2 aliphatic rings. The molecule has 4 heteroatoms. The van der Waals surface area contributed by atoms with Crippen LogP contribution in [0, 0.1) is 29.6 Å². The Hall–Kier alpha value is -1.04. The van der Waals surface area contributed by atoms with Crippen molar-refractivity contribution in [2.45, 2.75) is 34.1 Å². The van der Waals surface area contributed by atoms with Crippen molar-refractivity contribution in [2.24, 2.45) is 5.92 Å². The van der Waals surface area contributed by atoms with E-state index in [0.717, 1.165) is 19.5 Å². The second-order valence-electron chi connectivity index (χ2n) is 7.47. The van der Waals surface area contributed by atoms with Gasteiger partial charge in [0.05, 0.1) is 13.1 Å². The first-order valence-electron chi connectivity index (χ1n) is 10.3. The highest BCUT2D eigenvalue weighted by molar-refractivity contribution is 5.03. The predicted molar refractivity (Wildman–Crippen MR) is 113 cm³/mol. The molecular weight excluding hydrogens is 320 g/mol. The Kier molecular flexibility index (Phi) is 12.4. The van der Waals surface area contributed by atoms with E-state index < -0.39 is 0 Å². The fourth-order valence-electron chi connectivity index (χ4n) is 2.92. The predicted octanol–water partition coefficient (Wildman–Crippen LogP) is 1.93. The number of hydrogen-bond donors (Lipinski definition) is 0. The first-order valence-corrected chi connectivity index (χ1v) is 10.3. The Morgan fingerprint density at radius 3 is 1.69 bits per heavy atom. The summed E-state index contributed by atoms with van der Waals surface area (Å²) in [6.45, 7) is 21.2. The van der Waals surface area contributed by atoms with Crippen LogP contribution in [0.5, 0.6) is 0 Å². The molecule has 0 N–H and O–H groups in total. The quantitative estimate of drug-likeness (QED) is 0.713. The van der Waals surface area contributed by atoms with E-state index in [9.17, 15) is 0 Å². The van der Waals surface area contributed by atoms with Gasteiger partial charge in [0, 0.05) is 64.7 Å². The molecule has 2 fully saturated rings. The first-order chi connectivity index (χ1) is 12.5. The molecule has 2 aliphatic heterocycles. The maximum absolute atomic E-state index is 3.23. The number of piperazine rings is 2. The van der Waals surface area contributed by atoms with Crippen molar-refractivity contribution in [3.8, 4) is 23.7 Å². The lowest BCUT2D eigenvalue weighted by Gasteiger charge is -2.32. The number of nitrogens with zero attached hydrogens (tertiary/aromatic N) is 4. The number of likely N-dealkylation sites (N-methyl/N-ethyl adjacent to an activating group) is 2. The van der Waals surface area contributed by atoms with E-state index in [2.05, 4.69) is 78.0 Å². The van der Waals surface area contributed by atoms with Gasteiger partial charge < -0.3 is 9.80 Å². The van der Waals surface area contributed by atoms with Gasteiger partial charge in [-0.05, 0) is 13.6 Å². The molecule has 0 aromatic rings. The third-order valence-corrected chi connectivity index (χ3v) is 4.81. The van der Waals surface area contributed by atoms with Gasteiger partial charge in [0.25, 0.3) is 0 Å². The summed E-state index contributed by atoms with van der Waals surface area (Å²) in [4.78, 5) is 9.72. The molecule has 0 amide bonds. The van der Waals surface area contributed by atoms with E-state index in [1.165, 1.54) is 58.9 Å². The molecule has 0 bridgehead atoms. The van der Waals surface area contributed by atoms with Crippen LogP contribution in [0.15, 0.2) is 0 Å². The van der Waals surface area contributed by atoms with Crippen LogP contribution in [-0.2, 0) is 0 Å². The molecule has 2 rings (SSSR count). The minimum Gasteiger partial charge on any atom is -0.304 e. The second-order valence-corrected chi connectivity index (χ2v) is 7.47. The zero-order chi connectivity index (χ0) is 19.2. The molecule has 0 spiro atoms. The van der Waals surface area contributed by atoms with Gasteiger partial charge in [-0.2, -0.15) is 0 Å². The van der Waals surface area contributed by atoms with Crippen molar-refractivity contribution in [2.75, 3.05) is 79.0 Å². The Morgan fingerprint density at radius 2 is 1.19 bits per heavy atom. The molecule has 2 heterocycles. The minimum atomic E-state index is 0.507. The molecule has 4 nitrogen and oxygen atoms in total. The van der Waals surface area contributed by atoms with Crippen LogP contribution in [-0.4, -0.2) is 98.6 Å². The molecule has 2 saturated heterocycles. The van der Waals surface area contributed by atoms with E-state index in [-0.39, 0.29) is 0 Å². The lowest BCUT2D eigenvalue weighted by Crippen LogP contribution is -2.46. The fourth-order valence-corrected chi connectivity index (χ4v) is 2.92. The summed E-state index contributed by atoms with van der Waals surface area (Å²) < 4.78 is 0. The zero-order valence-electron chi connectivity index (χ0n) is 17.9. The van der Waals surface area contributed by atoms with Gasteiger partial charge in [-0.15, -0.1) is 5.92 Å². The Labute approximate surface area is 162 Å². The van der Waals surface area contributed by atoms with E-state index in [1.807, 2.05) is 0 Å². The van der Waals surface area contributed by atoms with Crippen LogP contribution in [0.3, 0.4) is 0 Å². The highest BCUT2D eigenvalue weighted by Gasteiger charge is 2.13. The van der Waals surface area contributed by atoms with Crippen molar-refractivity contribution in [3.63, 3.8) is 0 Å². The Balaban J connectivity index is 0.000000260. The molecule has 0 atom stereocenters. The van der Waals surface area contributed by atoms with Crippen molar-refractivity contribution < 1.29 is 0 Å². The van der Waals surface area contributed by atoms with Crippen LogP contribution in [0.2, 0.25) is 0 Å². The molecule has 0 radical (unpaired) electrons. The van der Waals surface area contributed by atoms with Gasteiger partial charge >= 0.3 is 0 Å². The van der Waals surface area contributed by atoms with Gasteiger partial charge in [0.2, 0.25) is 0 Å². The van der Waals surface area contributed by atoms with Crippen LogP contribution >= 0.6 is 0 Å². The summed E-state index contributed by atoms with van der Waals surface area (Å²) in [5.74, 6) is 13.2. The van der Waals surface area contributed by atoms with Crippen LogP contribution in [0.4, 0.5) is 0 Å². The van der Waals surface area contributed by atoms with Crippen LogP contribution in [0.1, 0.15) is 34.1 Å². The third-order valence-electron chi connectivity index (χ3n) is 4.81. The van der Waals surface area contributed by atoms with Crippen molar-refractivity contribution in [1.82, 2.24) is 19.6 Å². The summed E-state index contributed by atoms with van der Waals surface area (Å²) in [7, 11) is 2.18. The van der Waals surface area contributed by atoms with Gasteiger partial charge in [-0.1, -0.05) is 45.5 Å². The molecule has 148 valence electrons. The molecule has 0 aromatic heterocycles. The zero-order valence-corrected chi connectivity index (χ0v) is 17.9. The minimum absolute atomic E-state index is 0.507. The number of rotatable bonds is 3. The SMILES string of the molecule is CC(C)C#CCN1CCN(C)CC1.CCC#CCN1CCN(CC)CC1.